The molecule has 2 amide bonds. The van der Waals surface area contributed by atoms with Crippen molar-refractivity contribution in [2.24, 2.45) is 0 Å². The van der Waals surface area contributed by atoms with Gasteiger partial charge < -0.3 is 20.4 Å². The predicted octanol–water partition coefficient (Wildman–Crippen LogP) is -3.66. The van der Waals surface area contributed by atoms with Crippen LogP contribution in [0.4, 0.5) is 0 Å². The number of hydrogen-bond donors (Lipinski definition) is 5. The van der Waals surface area contributed by atoms with Crippen LogP contribution in [0, 0.1) is 0 Å². The molecule has 5 N–H and O–H groups in total. The quantitative estimate of drug-likeness (QED) is 0.313. The number of aliphatic hydroxyl groups excluding tert-OH is 4. The van der Waals surface area contributed by atoms with E-state index in [-0.39, 0.29) is 0 Å². The minimum absolute atomic E-state index is 0.825. The van der Waals surface area contributed by atoms with Gasteiger partial charge in [0, 0.05) is 0 Å². The predicted molar refractivity (Wildman–Crippen MR) is 39.3 cm³/mol. The van der Waals surface area contributed by atoms with Gasteiger partial charge in [0.1, 0.15) is 0 Å². The Kier molecular flexibility index (Phi) is 5.16. The van der Waals surface area contributed by atoms with Gasteiger partial charge in [-0.05, 0) is 0 Å². The summed E-state index contributed by atoms with van der Waals surface area (Å²) in [5, 5.41) is 35.5. The number of nitrogens with one attached hydrogen (secondary N) is 1. The summed E-state index contributed by atoms with van der Waals surface area (Å²) in [4.78, 5) is 21.3. The summed E-state index contributed by atoms with van der Waals surface area (Å²) in [5.41, 5.74) is 0. The van der Waals surface area contributed by atoms with Gasteiger partial charge in [0.2, 0.25) is 0 Å². The van der Waals surface area contributed by atoms with Crippen LogP contribution in [-0.4, -0.2) is 57.7 Å². The maximum Gasteiger partial charge on any atom is 0.257 e. The van der Waals surface area contributed by atoms with Crippen molar-refractivity contribution in [3.05, 3.63) is 0 Å². The molecule has 0 radical (unpaired) electrons. The smallest absolute Gasteiger partial charge is 0.257 e. The first-order valence-corrected chi connectivity index (χ1v) is 3.45. The van der Waals surface area contributed by atoms with Crippen molar-refractivity contribution >= 4 is 11.8 Å². The molecule has 7 heteroatoms. The SMILES string of the molecule is O=C(NC(=O)C(O)CO)C(O)CO. The number of imide groups is 1. The lowest BCUT2D eigenvalue weighted by Crippen LogP contribution is -2.45. The lowest BCUT2D eigenvalue weighted by Gasteiger charge is -2.09. The van der Waals surface area contributed by atoms with Crippen LogP contribution in [0.3, 0.4) is 0 Å². The molecule has 0 saturated heterocycles. The molecule has 7 nitrogen and oxygen atoms in total. The Hall–Kier alpha value is -1.02. The maximum absolute atomic E-state index is 10.7. The lowest BCUT2D eigenvalue weighted by atomic mass is 10.3. The Morgan fingerprint density at radius 1 is 1.00 bits per heavy atom. The summed E-state index contributed by atoms with van der Waals surface area (Å²) in [5.74, 6) is -2.25. The molecule has 2 unspecified atom stereocenters. The molecule has 0 rings (SSSR count). The molecule has 0 heterocycles. The van der Waals surface area contributed by atoms with Crippen LogP contribution >= 0.6 is 0 Å². The van der Waals surface area contributed by atoms with Crippen LogP contribution in [0.2, 0.25) is 0 Å². The summed E-state index contributed by atoms with van der Waals surface area (Å²) in [6, 6.07) is 0. The highest BCUT2D eigenvalue weighted by Crippen LogP contribution is 1.84. The molecule has 13 heavy (non-hydrogen) atoms. The second-order valence-electron chi connectivity index (χ2n) is 2.25. The molecule has 0 saturated carbocycles. The molecule has 0 bridgehead atoms. The van der Waals surface area contributed by atoms with Gasteiger partial charge in [-0.3, -0.25) is 14.9 Å². The summed E-state index contributed by atoms with van der Waals surface area (Å²) >= 11 is 0. The zero-order chi connectivity index (χ0) is 10.4. The van der Waals surface area contributed by atoms with Crippen molar-refractivity contribution in [3.8, 4) is 0 Å². The molecular formula is C6H11NO6. The second kappa shape index (κ2) is 5.60. The van der Waals surface area contributed by atoms with E-state index in [0.29, 0.717) is 0 Å². The standard InChI is InChI=1S/C6H11NO6/c8-1-3(10)5(12)7-6(13)4(11)2-9/h3-4,8-11H,1-2H2,(H,7,12,13). The molecule has 0 aliphatic rings. The highest BCUT2D eigenvalue weighted by atomic mass is 16.3. The first-order valence-electron chi connectivity index (χ1n) is 3.45. The average molecular weight is 193 g/mol. The molecule has 0 aromatic heterocycles. The number of rotatable bonds is 4. The third-order valence-electron chi connectivity index (χ3n) is 1.20. The van der Waals surface area contributed by atoms with E-state index in [0.717, 1.165) is 0 Å². The normalized spacial score (nSPS) is 14.8. The van der Waals surface area contributed by atoms with E-state index in [1.165, 1.54) is 0 Å². The Morgan fingerprint density at radius 3 is 1.54 bits per heavy atom. The van der Waals surface area contributed by atoms with E-state index < -0.39 is 37.2 Å². The Balaban J connectivity index is 3.99. The molecule has 0 spiro atoms. The van der Waals surface area contributed by atoms with Gasteiger partial charge in [0.05, 0.1) is 13.2 Å². The van der Waals surface area contributed by atoms with Crippen molar-refractivity contribution < 1.29 is 30.0 Å². The molecule has 0 aromatic rings. The monoisotopic (exact) mass is 193 g/mol. The third kappa shape index (κ3) is 3.95. The minimum atomic E-state index is -1.71. The Bertz CT molecular complexity index is 174. The van der Waals surface area contributed by atoms with Crippen LogP contribution < -0.4 is 5.32 Å². The highest BCUT2D eigenvalue weighted by Gasteiger charge is 2.20. The fourth-order valence-electron chi connectivity index (χ4n) is 0.454. The molecular weight excluding hydrogens is 182 g/mol. The zero-order valence-corrected chi connectivity index (χ0v) is 6.67. The number of aliphatic hydroxyl groups is 4. The first-order chi connectivity index (χ1) is 6.02. The van der Waals surface area contributed by atoms with Crippen LogP contribution in [-0.2, 0) is 9.59 Å². The van der Waals surface area contributed by atoms with Gasteiger partial charge in [-0.1, -0.05) is 0 Å². The molecule has 2 atom stereocenters. The lowest BCUT2D eigenvalue weighted by molar-refractivity contribution is -0.141. The van der Waals surface area contributed by atoms with Gasteiger partial charge in [-0.2, -0.15) is 0 Å². The van der Waals surface area contributed by atoms with Gasteiger partial charge in [0.25, 0.3) is 11.8 Å². The van der Waals surface area contributed by atoms with Gasteiger partial charge in [-0.25, -0.2) is 0 Å². The second-order valence-corrected chi connectivity index (χ2v) is 2.25. The van der Waals surface area contributed by atoms with Crippen molar-refractivity contribution in [2.75, 3.05) is 13.2 Å². The summed E-state index contributed by atoms with van der Waals surface area (Å²) in [6.45, 7) is -1.65. The van der Waals surface area contributed by atoms with Crippen LogP contribution in [0.5, 0.6) is 0 Å². The summed E-state index contributed by atoms with van der Waals surface area (Å²) in [6.07, 6.45) is -3.43. The number of carbonyl (C=O) groups excluding carboxylic acids is 2. The average Bonchev–Trinajstić information content (AvgIpc) is 2.14. The van der Waals surface area contributed by atoms with Crippen molar-refractivity contribution in [2.45, 2.75) is 12.2 Å². The number of hydrogen-bond acceptors (Lipinski definition) is 6. The van der Waals surface area contributed by atoms with Gasteiger partial charge in [0.15, 0.2) is 12.2 Å². The van der Waals surface area contributed by atoms with Crippen LogP contribution in [0.1, 0.15) is 0 Å². The fraction of sp³-hybridized carbons (Fsp3) is 0.667. The topological polar surface area (TPSA) is 127 Å². The van der Waals surface area contributed by atoms with E-state index >= 15 is 0 Å². The van der Waals surface area contributed by atoms with E-state index in [1.807, 2.05) is 0 Å². The highest BCUT2D eigenvalue weighted by molar-refractivity contribution is 5.99. The van der Waals surface area contributed by atoms with E-state index in [4.69, 9.17) is 20.4 Å². The first kappa shape index (κ1) is 12.0. The third-order valence-corrected chi connectivity index (χ3v) is 1.20. The Labute approximate surface area is 73.6 Å². The van der Waals surface area contributed by atoms with Crippen molar-refractivity contribution in [1.82, 2.24) is 5.32 Å². The molecule has 0 aliphatic heterocycles. The number of amides is 2. The minimum Gasteiger partial charge on any atom is -0.393 e. The zero-order valence-electron chi connectivity index (χ0n) is 6.67. The van der Waals surface area contributed by atoms with E-state index in [2.05, 4.69) is 0 Å². The molecule has 0 aromatic carbocycles. The van der Waals surface area contributed by atoms with Crippen LogP contribution in [0.25, 0.3) is 0 Å². The van der Waals surface area contributed by atoms with Crippen molar-refractivity contribution in [1.29, 1.82) is 0 Å². The van der Waals surface area contributed by atoms with Gasteiger partial charge >= 0.3 is 0 Å². The molecule has 0 aliphatic carbocycles. The van der Waals surface area contributed by atoms with E-state index in [9.17, 15) is 9.59 Å². The molecule has 76 valence electrons. The largest absolute Gasteiger partial charge is 0.393 e. The molecule has 0 fully saturated rings. The fourth-order valence-corrected chi connectivity index (χ4v) is 0.454. The Morgan fingerprint density at radius 2 is 1.31 bits per heavy atom. The maximum atomic E-state index is 10.7. The number of carbonyl (C=O) groups is 2. The summed E-state index contributed by atoms with van der Waals surface area (Å²) in [7, 11) is 0. The van der Waals surface area contributed by atoms with E-state index in [1.54, 1.807) is 5.32 Å². The summed E-state index contributed by atoms with van der Waals surface area (Å²) < 4.78 is 0. The van der Waals surface area contributed by atoms with Crippen molar-refractivity contribution in [3.63, 3.8) is 0 Å². The van der Waals surface area contributed by atoms with Gasteiger partial charge in [-0.15, -0.1) is 0 Å². The van der Waals surface area contributed by atoms with Crippen LogP contribution in [0.15, 0.2) is 0 Å².